The Morgan fingerprint density at radius 2 is 2.30 bits per heavy atom. The van der Waals surface area contributed by atoms with E-state index < -0.39 is 0 Å². The first-order chi connectivity index (χ1) is 4.88. The molecule has 2 aliphatic rings. The second kappa shape index (κ2) is 2.51. The van der Waals surface area contributed by atoms with Crippen LogP contribution in [0.3, 0.4) is 0 Å². The number of hydrogen-bond acceptors (Lipinski definition) is 2. The normalized spacial score (nSPS) is 41.7. The molecule has 2 atom stereocenters. The van der Waals surface area contributed by atoms with Crippen LogP contribution in [0.15, 0.2) is 0 Å². The van der Waals surface area contributed by atoms with E-state index in [1.807, 2.05) is 0 Å². The predicted octanol–water partition coefficient (Wildman–Crippen LogP) is 0.442. The zero-order valence-corrected chi connectivity index (χ0v) is 6.64. The van der Waals surface area contributed by atoms with Crippen molar-refractivity contribution >= 4 is 0 Å². The zero-order chi connectivity index (χ0) is 6.97. The van der Waals surface area contributed by atoms with E-state index in [-0.39, 0.29) is 0 Å². The maximum absolute atomic E-state index is 3.55. The van der Waals surface area contributed by atoms with Crippen LogP contribution in [0.5, 0.6) is 0 Å². The van der Waals surface area contributed by atoms with Gasteiger partial charge in [0.25, 0.3) is 0 Å². The fourth-order valence-corrected chi connectivity index (χ4v) is 2.30. The smallest absolute Gasteiger partial charge is 0.0258 e. The van der Waals surface area contributed by atoms with Crippen LogP contribution >= 0.6 is 0 Å². The summed E-state index contributed by atoms with van der Waals surface area (Å²) in [5.74, 6) is 0. The molecule has 0 aromatic heterocycles. The summed E-state index contributed by atoms with van der Waals surface area (Å²) in [6, 6.07) is 1.67. The number of nitrogens with zero attached hydrogens (tertiary/aromatic N) is 1. The van der Waals surface area contributed by atoms with Crippen molar-refractivity contribution in [2.45, 2.75) is 31.3 Å². The Kier molecular flexibility index (Phi) is 1.66. The van der Waals surface area contributed by atoms with Crippen LogP contribution in [0.4, 0.5) is 0 Å². The highest BCUT2D eigenvalue weighted by Gasteiger charge is 2.32. The van der Waals surface area contributed by atoms with Gasteiger partial charge in [0.2, 0.25) is 0 Å². The van der Waals surface area contributed by atoms with E-state index in [1.165, 1.54) is 32.4 Å². The molecule has 0 spiro atoms. The minimum atomic E-state index is 0.818. The van der Waals surface area contributed by atoms with Gasteiger partial charge in [-0.25, -0.2) is 0 Å². The van der Waals surface area contributed by atoms with E-state index in [9.17, 15) is 0 Å². The van der Waals surface area contributed by atoms with Gasteiger partial charge in [0, 0.05) is 12.1 Å². The van der Waals surface area contributed by atoms with Gasteiger partial charge in [-0.2, -0.15) is 0 Å². The molecule has 0 aliphatic carbocycles. The van der Waals surface area contributed by atoms with Crippen molar-refractivity contribution < 1.29 is 0 Å². The van der Waals surface area contributed by atoms with Crippen molar-refractivity contribution in [1.29, 1.82) is 0 Å². The molecule has 0 saturated carbocycles. The SMILES string of the molecule is CN1CCC[C@H]2NCC[C@@H]21. The molecule has 0 amide bonds. The minimum Gasteiger partial charge on any atom is -0.312 e. The molecule has 1 N–H and O–H groups in total. The monoisotopic (exact) mass is 140 g/mol. The van der Waals surface area contributed by atoms with Gasteiger partial charge in [0.15, 0.2) is 0 Å². The van der Waals surface area contributed by atoms with Crippen LogP contribution in [0.1, 0.15) is 19.3 Å². The van der Waals surface area contributed by atoms with E-state index in [1.54, 1.807) is 0 Å². The third kappa shape index (κ3) is 0.956. The molecule has 2 rings (SSSR count). The van der Waals surface area contributed by atoms with Crippen LogP contribution in [-0.2, 0) is 0 Å². The topological polar surface area (TPSA) is 15.3 Å². The number of nitrogens with one attached hydrogen (secondary N) is 1. The number of rotatable bonds is 0. The van der Waals surface area contributed by atoms with Crippen molar-refractivity contribution in [2.24, 2.45) is 0 Å². The molecule has 0 unspecified atom stereocenters. The maximum Gasteiger partial charge on any atom is 0.0258 e. The lowest BCUT2D eigenvalue weighted by molar-refractivity contribution is 0.173. The Morgan fingerprint density at radius 1 is 1.40 bits per heavy atom. The highest BCUT2D eigenvalue weighted by atomic mass is 15.2. The Hall–Kier alpha value is -0.0800. The van der Waals surface area contributed by atoms with Crippen LogP contribution in [0.2, 0.25) is 0 Å². The van der Waals surface area contributed by atoms with Crippen molar-refractivity contribution in [2.75, 3.05) is 20.1 Å². The number of hydrogen-bond donors (Lipinski definition) is 1. The van der Waals surface area contributed by atoms with Gasteiger partial charge in [-0.3, -0.25) is 0 Å². The number of fused-ring (bicyclic) bond motifs is 1. The lowest BCUT2D eigenvalue weighted by atomic mass is 9.98. The second-order valence-corrected chi connectivity index (χ2v) is 3.54. The first kappa shape index (κ1) is 6.62. The van der Waals surface area contributed by atoms with E-state index in [0.29, 0.717) is 0 Å². The average Bonchev–Trinajstić information content (AvgIpc) is 2.36. The summed E-state index contributed by atoms with van der Waals surface area (Å²) in [7, 11) is 2.25. The van der Waals surface area contributed by atoms with Crippen LogP contribution in [0, 0.1) is 0 Å². The number of likely N-dealkylation sites (tertiary alicyclic amines) is 1. The Labute approximate surface area is 62.6 Å². The summed E-state index contributed by atoms with van der Waals surface area (Å²) in [6.45, 7) is 2.54. The fourth-order valence-electron chi connectivity index (χ4n) is 2.30. The standard InChI is InChI=1S/C8H16N2/c1-10-6-2-3-7-8(10)4-5-9-7/h7-9H,2-6H2,1H3/t7-,8+/m1/s1. The second-order valence-electron chi connectivity index (χ2n) is 3.54. The Morgan fingerprint density at radius 3 is 3.10 bits per heavy atom. The highest BCUT2D eigenvalue weighted by molar-refractivity contribution is 4.92. The number of likely N-dealkylation sites (N-methyl/N-ethyl adjacent to an activating group) is 1. The molecule has 10 heavy (non-hydrogen) atoms. The summed E-state index contributed by atoms with van der Waals surface area (Å²) in [5, 5.41) is 3.55. The molecule has 0 radical (unpaired) electrons. The summed E-state index contributed by atoms with van der Waals surface area (Å²) >= 11 is 0. The van der Waals surface area contributed by atoms with Crippen LogP contribution in [-0.4, -0.2) is 37.1 Å². The van der Waals surface area contributed by atoms with Gasteiger partial charge in [-0.15, -0.1) is 0 Å². The molecular weight excluding hydrogens is 124 g/mol. The van der Waals surface area contributed by atoms with E-state index in [0.717, 1.165) is 12.1 Å². The lowest BCUT2D eigenvalue weighted by Crippen LogP contribution is -2.46. The predicted molar refractivity (Wildman–Crippen MR) is 42.1 cm³/mol. The largest absolute Gasteiger partial charge is 0.312 e. The van der Waals surface area contributed by atoms with Gasteiger partial charge in [0.05, 0.1) is 0 Å². The molecule has 58 valence electrons. The highest BCUT2D eigenvalue weighted by Crippen LogP contribution is 2.22. The summed E-state index contributed by atoms with van der Waals surface area (Å²) in [5.41, 5.74) is 0. The average molecular weight is 140 g/mol. The van der Waals surface area contributed by atoms with Crippen molar-refractivity contribution in [3.8, 4) is 0 Å². The van der Waals surface area contributed by atoms with Gasteiger partial charge >= 0.3 is 0 Å². The molecule has 0 bridgehead atoms. The molecule has 2 heterocycles. The van der Waals surface area contributed by atoms with E-state index >= 15 is 0 Å². The molecule has 2 saturated heterocycles. The lowest BCUT2D eigenvalue weighted by Gasteiger charge is -2.34. The third-order valence-corrected chi connectivity index (χ3v) is 2.90. The van der Waals surface area contributed by atoms with Gasteiger partial charge in [-0.05, 0) is 39.4 Å². The Balaban J connectivity index is 2.03. The zero-order valence-electron chi connectivity index (χ0n) is 6.64. The Bertz CT molecular complexity index is 124. The fraction of sp³-hybridized carbons (Fsp3) is 1.00. The first-order valence-electron chi connectivity index (χ1n) is 4.31. The molecule has 2 aliphatic heterocycles. The van der Waals surface area contributed by atoms with Crippen LogP contribution < -0.4 is 5.32 Å². The minimum absolute atomic E-state index is 0.818. The summed E-state index contributed by atoms with van der Waals surface area (Å²) < 4.78 is 0. The van der Waals surface area contributed by atoms with Crippen LogP contribution in [0.25, 0.3) is 0 Å². The van der Waals surface area contributed by atoms with Gasteiger partial charge < -0.3 is 10.2 Å². The summed E-state index contributed by atoms with van der Waals surface area (Å²) in [6.07, 6.45) is 4.14. The van der Waals surface area contributed by atoms with Crippen molar-refractivity contribution in [1.82, 2.24) is 10.2 Å². The number of piperidine rings is 1. The van der Waals surface area contributed by atoms with Gasteiger partial charge in [0.1, 0.15) is 0 Å². The molecular formula is C8H16N2. The maximum atomic E-state index is 3.55. The third-order valence-electron chi connectivity index (χ3n) is 2.90. The molecule has 2 fully saturated rings. The quantitative estimate of drug-likeness (QED) is 0.525. The van der Waals surface area contributed by atoms with Gasteiger partial charge in [-0.1, -0.05) is 0 Å². The molecule has 2 nitrogen and oxygen atoms in total. The summed E-state index contributed by atoms with van der Waals surface area (Å²) in [4.78, 5) is 2.51. The molecule has 0 aromatic rings. The van der Waals surface area contributed by atoms with E-state index in [4.69, 9.17) is 0 Å². The van der Waals surface area contributed by atoms with Crippen molar-refractivity contribution in [3.05, 3.63) is 0 Å². The first-order valence-corrected chi connectivity index (χ1v) is 4.31. The molecule has 2 heteroatoms. The molecule has 0 aromatic carbocycles. The van der Waals surface area contributed by atoms with Crippen molar-refractivity contribution in [3.63, 3.8) is 0 Å². The van der Waals surface area contributed by atoms with E-state index in [2.05, 4.69) is 17.3 Å².